The maximum atomic E-state index is 13.7. The van der Waals surface area contributed by atoms with Gasteiger partial charge >= 0.3 is 6.18 Å². The summed E-state index contributed by atoms with van der Waals surface area (Å²) < 4.78 is 39.3. The molecule has 4 rings (SSSR count). The Hall–Kier alpha value is -4.33. The molecular formula is C33H34F3N3O2. The van der Waals surface area contributed by atoms with Crippen molar-refractivity contribution in [2.45, 2.75) is 33.0 Å². The van der Waals surface area contributed by atoms with Gasteiger partial charge in [0, 0.05) is 42.8 Å². The number of aromatic nitrogens is 1. The Morgan fingerprint density at radius 3 is 2.27 bits per heavy atom. The van der Waals surface area contributed by atoms with Crippen molar-refractivity contribution in [1.29, 1.82) is 0 Å². The van der Waals surface area contributed by atoms with Crippen LogP contribution in [0.15, 0.2) is 91.1 Å². The average molecular weight is 562 g/mol. The van der Waals surface area contributed by atoms with Crippen molar-refractivity contribution in [3.63, 3.8) is 0 Å². The van der Waals surface area contributed by atoms with Gasteiger partial charge in [0.05, 0.1) is 5.56 Å². The second kappa shape index (κ2) is 13.4. The number of carbonyl (C=O) groups is 2. The average Bonchev–Trinajstić information content (AvgIpc) is 3.36. The topological polar surface area (TPSA) is 56.4 Å². The minimum atomic E-state index is -4.44. The number of hydrogen-bond acceptors (Lipinski definition) is 2. The summed E-state index contributed by atoms with van der Waals surface area (Å²) in [7, 11) is 0. The van der Waals surface area contributed by atoms with E-state index in [4.69, 9.17) is 0 Å². The lowest BCUT2D eigenvalue weighted by Gasteiger charge is -2.28. The van der Waals surface area contributed by atoms with E-state index in [0.717, 1.165) is 34.2 Å². The summed E-state index contributed by atoms with van der Waals surface area (Å²) in [6, 6.07) is 22.1. The van der Waals surface area contributed by atoms with Crippen LogP contribution in [0.3, 0.4) is 0 Å². The smallest absolute Gasteiger partial charge is 0.361 e. The highest BCUT2D eigenvalue weighted by Crippen LogP contribution is 2.29. The fourth-order valence-corrected chi connectivity index (χ4v) is 4.68. The first kappa shape index (κ1) is 29.6. The van der Waals surface area contributed by atoms with Gasteiger partial charge in [-0.2, -0.15) is 13.2 Å². The Labute approximate surface area is 238 Å². The molecule has 0 aliphatic heterocycles. The SMILES string of the molecule is CC(C)CN(CC(=O)N(CCc1c[nH]c2ccccc12)Cc1ccc(C(F)(F)F)cc1)C(=O)/C=C/c1ccccc1. The second-order valence-electron chi connectivity index (χ2n) is 10.5. The van der Waals surface area contributed by atoms with Gasteiger partial charge in [-0.15, -0.1) is 0 Å². The largest absolute Gasteiger partial charge is 0.416 e. The summed E-state index contributed by atoms with van der Waals surface area (Å²) in [5.41, 5.74) is 2.74. The third kappa shape index (κ3) is 8.33. The Morgan fingerprint density at radius 2 is 1.59 bits per heavy atom. The molecule has 41 heavy (non-hydrogen) atoms. The molecule has 0 saturated heterocycles. The molecule has 1 heterocycles. The van der Waals surface area contributed by atoms with Crippen LogP contribution in [0.4, 0.5) is 13.2 Å². The summed E-state index contributed by atoms with van der Waals surface area (Å²) in [6.07, 6.45) is 1.21. The van der Waals surface area contributed by atoms with Gasteiger partial charge < -0.3 is 14.8 Å². The van der Waals surface area contributed by atoms with Gasteiger partial charge in [-0.3, -0.25) is 9.59 Å². The molecule has 0 aliphatic carbocycles. The molecule has 0 bridgehead atoms. The number of nitrogens with zero attached hydrogens (tertiary/aromatic N) is 2. The van der Waals surface area contributed by atoms with Gasteiger partial charge in [0.2, 0.25) is 11.8 Å². The van der Waals surface area contributed by atoms with Crippen LogP contribution in [0.5, 0.6) is 0 Å². The van der Waals surface area contributed by atoms with E-state index in [-0.39, 0.29) is 30.8 Å². The number of fused-ring (bicyclic) bond motifs is 1. The van der Waals surface area contributed by atoms with Crippen molar-refractivity contribution < 1.29 is 22.8 Å². The quantitative estimate of drug-likeness (QED) is 0.201. The van der Waals surface area contributed by atoms with E-state index in [9.17, 15) is 22.8 Å². The number of nitrogens with one attached hydrogen (secondary N) is 1. The van der Waals surface area contributed by atoms with Crippen molar-refractivity contribution in [3.8, 4) is 0 Å². The first-order valence-corrected chi connectivity index (χ1v) is 13.6. The van der Waals surface area contributed by atoms with Crippen LogP contribution >= 0.6 is 0 Å². The van der Waals surface area contributed by atoms with E-state index in [2.05, 4.69) is 4.98 Å². The number of benzene rings is 3. The van der Waals surface area contributed by atoms with Gasteiger partial charge in [-0.25, -0.2) is 0 Å². The normalized spacial score (nSPS) is 11.9. The monoisotopic (exact) mass is 561 g/mol. The zero-order valence-electron chi connectivity index (χ0n) is 23.2. The van der Waals surface area contributed by atoms with Crippen molar-refractivity contribution in [3.05, 3.63) is 113 Å². The maximum absolute atomic E-state index is 13.7. The summed E-state index contributed by atoms with van der Waals surface area (Å²) in [4.78, 5) is 33.2. The molecule has 3 aromatic carbocycles. The van der Waals surface area contributed by atoms with Crippen molar-refractivity contribution in [1.82, 2.24) is 14.8 Å². The van der Waals surface area contributed by atoms with Crippen LogP contribution in [0.2, 0.25) is 0 Å². The predicted octanol–water partition coefficient (Wildman–Crippen LogP) is 6.96. The molecule has 1 aromatic heterocycles. The standard InChI is InChI=1S/C33H34F3N3O2/c1-24(2)21-39(31(40)17-14-25-8-4-3-5-9-25)23-32(41)38(22-26-12-15-28(16-13-26)33(34,35)36)19-18-27-20-37-30-11-7-6-10-29(27)30/h3-17,20,24,37H,18-19,21-23H2,1-2H3/b17-14+. The second-order valence-corrected chi connectivity index (χ2v) is 10.5. The van der Waals surface area contributed by atoms with E-state index in [0.29, 0.717) is 25.1 Å². The number of hydrogen-bond donors (Lipinski definition) is 1. The zero-order valence-corrected chi connectivity index (χ0v) is 23.2. The molecule has 4 aromatic rings. The van der Waals surface area contributed by atoms with E-state index >= 15 is 0 Å². The number of amides is 2. The minimum absolute atomic E-state index is 0.128. The number of alkyl halides is 3. The fraction of sp³-hybridized carbons (Fsp3) is 0.273. The van der Waals surface area contributed by atoms with Gasteiger partial charge in [0.1, 0.15) is 6.54 Å². The van der Waals surface area contributed by atoms with Crippen molar-refractivity contribution in [2.24, 2.45) is 5.92 Å². The first-order chi connectivity index (χ1) is 19.6. The Balaban J connectivity index is 1.54. The molecule has 2 amide bonds. The molecule has 0 atom stereocenters. The van der Waals surface area contributed by atoms with E-state index in [1.165, 1.54) is 23.1 Å². The highest BCUT2D eigenvalue weighted by atomic mass is 19.4. The third-order valence-corrected chi connectivity index (χ3v) is 6.77. The molecule has 0 saturated carbocycles. The highest BCUT2D eigenvalue weighted by molar-refractivity contribution is 5.94. The van der Waals surface area contributed by atoms with Crippen LogP contribution in [-0.4, -0.2) is 46.2 Å². The van der Waals surface area contributed by atoms with Crippen LogP contribution in [0.1, 0.15) is 36.1 Å². The predicted molar refractivity (Wildman–Crippen MR) is 156 cm³/mol. The minimum Gasteiger partial charge on any atom is -0.361 e. The van der Waals surface area contributed by atoms with Gasteiger partial charge in [0.25, 0.3) is 0 Å². The Bertz CT molecular complexity index is 1480. The van der Waals surface area contributed by atoms with Crippen LogP contribution in [-0.2, 0) is 28.7 Å². The fourth-order valence-electron chi connectivity index (χ4n) is 4.68. The van der Waals surface area contributed by atoms with Crippen LogP contribution < -0.4 is 0 Å². The van der Waals surface area contributed by atoms with Crippen molar-refractivity contribution in [2.75, 3.05) is 19.6 Å². The molecule has 0 radical (unpaired) electrons. The van der Waals surface area contributed by atoms with E-state index < -0.39 is 11.7 Å². The maximum Gasteiger partial charge on any atom is 0.416 e. The number of carbonyl (C=O) groups excluding carboxylic acids is 2. The zero-order chi connectivity index (χ0) is 29.4. The Kier molecular flexibility index (Phi) is 9.65. The molecule has 5 nitrogen and oxygen atoms in total. The summed E-state index contributed by atoms with van der Waals surface area (Å²) in [6.45, 7) is 4.67. The molecule has 214 valence electrons. The number of para-hydroxylation sites is 1. The molecule has 0 aliphatic rings. The molecule has 0 unspecified atom stereocenters. The highest BCUT2D eigenvalue weighted by Gasteiger charge is 2.30. The van der Waals surface area contributed by atoms with Gasteiger partial charge in [-0.05, 0) is 53.3 Å². The summed E-state index contributed by atoms with van der Waals surface area (Å²) >= 11 is 0. The number of halogens is 3. The van der Waals surface area contributed by atoms with Crippen LogP contribution in [0, 0.1) is 5.92 Å². The van der Waals surface area contributed by atoms with Crippen molar-refractivity contribution >= 4 is 28.8 Å². The van der Waals surface area contributed by atoms with Gasteiger partial charge in [-0.1, -0.05) is 74.5 Å². The molecule has 1 N–H and O–H groups in total. The molecular weight excluding hydrogens is 527 g/mol. The summed E-state index contributed by atoms with van der Waals surface area (Å²) in [5, 5.41) is 1.05. The van der Waals surface area contributed by atoms with E-state index in [1.807, 2.05) is 74.6 Å². The summed E-state index contributed by atoms with van der Waals surface area (Å²) in [5.74, 6) is -0.416. The number of H-pyrrole nitrogens is 1. The Morgan fingerprint density at radius 1 is 0.902 bits per heavy atom. The lowest BCUT2D eigenvalue weighted by molar-refractivity contribution is -0.139. The number of rotatable bonds is 11. The number of aromatic amines is 1. The molecule has 0 fully saturated rings. The van der Waals surface area contributed by atoms with E-state index in [1.54, 1.807) is 11.0 Å². The molecule has 8 heteroatoms. The van der Waals surface area contributed by atoms with Gasteiger partial charge in [0.15, 0.2) is 0 Å². The first-order valence-electron chi connectivity index (χ1n) is 13.6. The lowest BCUT2D eigenvalue weighted by Crippen LogP contribution is -2.44. The molecule has 0 spiro atoms. The van der Waals surface area contributed by atoms with Crippen LogP contribution in [0.25, 0.3) is 17.0 Å². The lowest BCUT2D eigenvalue weighted by atomic mass is 10.1. The third-order valence-electron chi connectivity index (χ3n) is 6.77.